The van der Waals surface area contributed by atoms with E-state index < -0.39 is 18.9 Å². The third kappa shape index (κ3) is 3.70. The van der Waals surface area contributed by atoms with Crippen molar-refractivity contribution in [3.63, 3.8) is 0 Å². The number of ether oxygens (including phenoxy) is 1. The Bertz CT molecular complexity index is 402. The van der Waals surface area contributed by atoms with Gasteiger partial charge in [0.05, 0.1) is 18.8 Å². The van der Waals surface area contributed by atoms with Crippen LogP contribution >= 0.6 is 0 Å². The number of carboxylic acid groups (broad SMARTS) is 1. The largest absolute Gasteiger partial charge is 0.522 e. The maximum Gasteiger partial charge on any atom is 0.522 e. The number of rotatable bonds is 5. The quantitative estimate of drug-likeness (QED) is 0.849. The van der Waals surface area contributed by atoms with Gasteiger partial charge in [0.25, 0.3) is 0 Å². The molecular formula is C8H10F3N3O3. The molecule has 1 rings (SSSR count). The molecule has 96 valence electrons. The van der Waals surface area contributed by atoms with E-state index in [-0.39, 0.29) is 17.9 Å². The van der Waals surface area contributed by atoms with Crippen LogP contribution in [0.5, 0.6) is 0 Å². The molecule has 0 saturated carbocycles. The average molecular weight is 253 g/mol. The van der Waals surface area contributed by atoms with Crippen molar-refractivity contribution in [2.75, 3.05) is 6.61 Å². The fourth-order valence-electron chi connectivity index (χ4n) is 1.28. The Morgan fingerprint density at radius 2 is 2.18 bits per heavy atom. The molecule has 0 amide bonds. The first kappa shape index (κ1) is 13.4. The molecule has 0 bridgehead atoms. The normalized spacial score (nSPS) is 11.8. The number of hydrogen-bond donors (Lipinski definition) is 1. The van der Waals surface area contributed by atoms with Gasteiger partial charge in [0.1, 0.15) is 0 Å². The topological polar surface area (TPSA) is 77.2 Å². The third-order valence-corrected chi connectivity index (χ3v) is 1.94. The van der Waals surface area contributed by atoms with Crippen LogP contribution in [0.15, 0.2) is 0 Å². The van der Waals surface area contributed by atoms with Crippen molar-refractivity contribution < 1.29 is 27.8 Å². The Kier molecular flexibility index (Phi) is 4.05. The van der Waals surface area contributed by atoms with Gasteiger partial charge in [0.15, 0.2) is 5.69 Å². The summed E-state index contributed by atoms with van der Waals surface area (Å²) in [6, 6.07) is 0. The van der Waals surface area contributed by atoms with Gasteiger partial charge in [0, 0.05) is 0 Å². The number of carbonyl (C=O) groups is 1. The number of hydrogen-bond acceptors (Lipinski definition) is 4. The van der Waals surface area contributed by atoms with E-state index in [9.17, 15) is 18.0 Å². The lowest BCUT2D eigenvalue weighted by molar-refractivity contribution is -0.325. The standard InChI is InChI=1S/C8H10F3N3O3/c1-2-5-6(7(15)16)12-13-14(5)3-4-17-8(9,10)11/h2-4H2,1H3,(H,15,16). The molecule has 0 saturated heterocycles. The van der Waals surface area contributed by atoms with Gasteiger partial charge in [0.2, 0.25) is 0 Å². The van der Waals surface area contributed by atoms with Crippen LogP contribution in [0, 0.1) is 0 Å². The minimum absolute atomic E-state index is 0.205. The Balaban J connectivity index is 2.69. The van der Waals surface area contributed by atoms with E-state index in [1.54, 1.807) is 6.92 Å². The second kappa shape index (κ2) is 5.13. The highest BCUT2D eigenvalue weighted by atomic mass is 19.4. The zero-order valence-corrected chi connectivity index (χ0v) is 8.86. The summed E-state index contributed by atoms with van der Waals surface area (Å²) in [5.74, 6) is -1.26. The van der Waals surface area contributed by atoms with Crippen molar-refractivity contribution in [2.24, 2.45) is 0 Å². The number of aromatic carboxylic acids is 1. The highest BCUT2D eigenvalue weighted by Gasteiger charge is 2.29. The molecule has 0 aromatic carbocycles. The molecule has 0 radical (unpaired) electrons. The number of halogens is 3. The molecule has 0 spiro atoms. The molecule has 1 N–H and O–H groups in total. The van der Waals surface area contributed by atoms with Gasteiger partial charge in [-0.05, 0) is 6.42 Å². The van der Waals surface area contributed by atoms with Gasteiger partial charge in [-0.1, -0.05) is 12.1 Å². The van der Waals surface area contributed by atoms with Gasteiger partial charge in [-0.2, -0.15) is 0 Å². The smallest absolute Gasteiger partial charge is 0.476 e. The van der Waals surface area contributed by atoms with Gasteiger partial charge in [-0.15, -0.1) is 18.3 Å². The van der Waals surface area contributed by atoms with Crippen molar-refractivity contribution in [2.45, 2.75) is 26.3 Å². The first-order valence-corrected chi connectivity index (χ1v) is 4.71. The van der Waals surface area contributed by atoms with E-state index in [1.165, 1.54) is 0 Å². The number of nitrogens with zero attached hydrogens (tertiary/aromatic N) is 3. The number of alkyl halides is 3. The zero-order chi connectivity index (χ0) is 13.1. The predicted molar refractivity (Wildman–Crippen MR) is 48.4 cm³/mol. The minimum atomic E-state index is -4.71. The molecule has 0 unspecified atom stereocenters. The lowest BCUT2D eigenvalue weighted by Gasteiger charge is -2.08. The van der Waals surface area contributed by atoms with E-state index in [0.29, 0.717) is 6.42 Å². The Labute approximate surface area is 94.0 Å². The van der Waals surface area contributed by atoms with Gasteiger partial charge in [-0.3, -0.25) is 4.74 Å². The number of carboxylic acids is 1. The Morgan fingerprint density at radius 3 is 2.65 bits per heavy atom. The molecule has 1 heterocycles. The molecule has 1 aromatic rings. The second-order valence-electron chi connectivity index (χ2n) is 3.06. The monoisotopic (exact) mass is 253 g/mol. The lowest BCUT2D eigenvalue weighted by Crippen LogP contribution is -2.19. The molecule has 17 heavy (non-hydrogen) atoms. The highest BCUT2D eigenvalue weighted by molar-refractivity contribution is 5.86. The summed E-state index contributed by atoms with van der Waals surface area (Å²) in [6.45, 7) is 0.814. The first-order valence-electron chi connectivity index (χ1n) is 4.71. The highest BCUT2D eigenvalue weighted by Crippen LogP contribution is 2.16. The summed E-state index contributed by atoms with van der Waals surface area (Å²) in [5.41, 5.74) is 0.0165. The van der Waals surface area contributed by atoms with E-state index in [2.05, 4.69) is 15.0 Å². The SMILES string of the molecule is CCc1c(C(=O)O)nnn1CCOC(F)(F)F. The molecule has 0 atom stereocenters. The van der Waals surface area contributed by atoms with Crippen molar-refractivity contribution in [3.8, 4) is 0 Å². The molecule has 0 aliphatic heterocycles. The van der Waals surface area contributed by atoms with Crippen LogP contribution < -0.4 is 0 Å². The summed E-state index contributed by atoms with van der Waals surface area (Å²) < 4.78 is 39.8. The fourth-order valence-corrected chi connectivity index (χ4v) is 1.28. The maximum absolute atomic E-state index is 11.7. The van der Waals surface area contributed by atoms with Crippen LogP contribution in [0.1, 0.15) is 23.1 Å². The molecule has 9 heteroatoms. The van der Waals surface area contributed by atoms with Gasteiger partial charge >= 0.3 is 12.3 Å². The van der Waals surface area contributed by atoms with Crippen LogP contribution in [0.4, 0.5) is 13.2 Å². The van der Waals surface area contributed by atoms with Crippen LogP contribution in [0.3, 0.4) is 0 Å². The molecule has 0 fully saturated rings. The molecular weight excluding hydrogens is 243 g/mol. The first-order chi connectivity index (χ1) is 7.85. The summed E-state index contributed by atoms with van der Waals surface area (Å²) >= 11 is 0. The van der Waals surface area contributed by atoms with Crippen molar-refractivity contribution in [3.05, 3.63) is 11.4 Å². The van der Waals surface area contributed by atoms with Crippen LogP contribution in [-0.2, 0) is 17.7 Å². The molecule has 6 nitrogen and oxygen atoms in total. The summed E-state index contributed by atoms with van der Waals surface area (Å²) in [6.07, 6.45) is -4.40. The van der Waals surface area contributed by atoms with Crippen LogP contribution in [0.2, 0.25) is 0 Å². The fraction of sp³-hybridized carbons (Fsp3) is 0.625. The van der Waals surface area contributed by atoms with Crippen LogP contribution in [0.25, 0.3) is 0 Å². The maximum atomic E-state index is 11.7. The van der Waals surface area contributed by atoms with E-state index in [4.69, 9.17) is 5.11 Å². The molecule has 1 aromatic heterocycles. The Morgan fingerprint density at radius 1 is 1.53 bits per heavy atom. The second-order valence-corrected chi connectivity index (χ2v) is 3.06. The predicted octanol–water partition coefficient (Wildman–Crippen LogP) is 1.08. The van der Waals surface area contributed by atoms with E-state index in [1.807, 2.05) is 0 Å². The summed E-state index contributed by atoms with van der Waals surface area (Å²) in [4.78, 5) is 10.7. The van der Waals surface area contributed by atoms with Crippen molar-refractivity contribution in [1.82, 2.24) is 15.0 Å². The third-order valence-electron chi connectivity index (χ3n) is 1.94. The van der Waals surface area contributed by atoms with Gasteiger partial charge in [-0.25, -0.2) is 9.48 Å². The van der Waals surface area contributed by atoms with E-state index in [0.717, 1.165) is 4.68 Å². The average Bonchev–Trinajstić information content (AvgIpc) is 2.58. The minimum Gasteiger partial charge on any atom is -0.476 e. The van der Waals surface area contributed by atoms with Crippen molar-refractivity contribution in [1.29, 1.82) is 0 Å². The number of aromatic nitrogens is 3. The van der Waals surface area contributed by atoms with E-state index >= 15 is 0 Å². The zero-order valence-electron chi connectivity index (χ0n) is 8.86. The molecule has 0 aliphatic carbocycles. The summed E-state index contributed by atoms with van der Waals surface area (Å²) in [5, 5.41) is 15.6. The Hall–Kier alpha value is -1.64. The van der Waals surface area contributed by atoms with Crippen molar-refractivity contribution >= 4 is 5.97 Å². The molecule has 0 aliphatic rings. The van der Waals surface area contributed by atoms with Crippen LogP contribution in [-0.4, -0.2) is 39.0 Å². The lowest BCUT2D eigenvalue weighted by atomic mass is 10.2. The summed E-state index contributed by atoms with van der Waals surface area (Å²) in [7, 11) is 0. The van der Waals surface area contributed by atoms with Gasteiger partial charge < -0.3 is 5.11 Å².